The van der Waals surface area contributed by atoms with Crippen molar-refractivity contribution in [2.75, 3.05) is 0 Å². The second-order valence-corrected chi connectivity index (χ2v) is 5.94. The predicted octanol–water partition coefficient (Wildman–Crippen LogP) is 2.13. The molecular weight excluding hydrogens is 242 g/mol. The maximum Gasteiger partial charge on any atom is 0.234 e. The van der Waals surface area contributed by atoms with Crippen LogP contribution < -0.4 is 11.1 Å². The molecule has 19 heavy (non-hydrogen) atoms. The van der Waals surface area contributed by atoms with Crippen molar-refractivity contribution >= 4 is 11.7 Å². The first-order chi connectivity index (χ1) is 9.19. The molecule has 5 heteroatoms. The predicted molar refractivity (Wildman–Crippen MR) is 73.9 cm³/mol. The molecule has 2 fully saturated rings. The lowest BCUT2D eigenvalue weighted by atomic mass is 9.67. The number of amides is 1. The Bertz CT molecular complexity index is 343. The fourth-order valence-electron chi connectivity index (χ4n) is 3.15. The maximum absolute atomic E-state index is 12.4. The van der Waals surface area contributed by atoms with E-state index in [1.54, 1.807) is 0 Å². The Morgan fingerprint density at radius 2 is 1.68 bits per heavy atom. The van der Waals surface area contributed by atoms with E-state index >= 15 is 0 Å². The maximum atomic E-state index is 12.4. The quantitative estimate of drug-likeness (QED) is 0.317. The fourth-order valence-corrected chi connectivity index (χ4v) is 3.15. The summed E-state index contributed by atoms with van der Waals surface area (Å²) in [7, 11) is 0. The zero-order valence-corrected chi connectivity index (χ0v) is 11.5. The number of oxime groups is 1. The van der Waals surface area contributed by atoms with Gasteiger partial charge < -0.3 is 16.3 Å². The standard InChI is InChI=1S/C14H25N3O2/c15-12(17-19)14(9-6-10-14)13(18)16-11-7-4-2-1-3-5-8-11/h11,19H,1-10H2,(H2,15,17)(H,16,18). The number of nitrogens with one attached hydrogen (secondary N) is 1. The highest BCUT2D eigenvalue weighted by molar-refractivity contribution is 6.07. The second-order valence-electron chi connectivity index (χ2n) is 5.94. The van der Waals surface area contributed by atoms with Gasteiger partial charge in [0.05, 0.1) is 0 Å². The van der Waals surface area contributed by atoms with Gasteiger partial charge in [-0.3, -0.25) is 4.79 Å². The number of nitrogens with two attached hydrogens (primary N) is 1. The monoisotopic (exact) mass is 267 g/mol. The highest BCUT2D eigenvalue weighted by Crippen LogP contribution is 2.41. The normalized spacial score (nSPS) is 24.9. The molecule has 4 N–H and O–H groups in total. The van der Waals surface area contributed by atoms with E-state index in [4.69, 9.17) is 10.9 Å². The van der Waals surface area contributed by atoms with Crippen molar-refractivity contribution in [3.05, 3.63) is 0 Å². The summed E-state index contributed by atoms with van der Waals surface area (Å²) in [6.07, 6.45) is 10.7. The third kappa shape index (κ3) is 3.01. The van der Waals surface area contributed by atoms with E-state index in [1.807, 2.05) is 0 Å². The number of rotatable bonds is 3. The van der Waals surface area contributed by atoms with Crippen LogP contribution >= 0.6 is 0 Å². The molecule has 0 atom stereocenters. The molecule has 2 rings (SSSR count). The van der Waals surface area contributed by atoms with Gasteiger partial charge in [0, 0.05) is 6.04 Å². The van der Waals surface area contributed by atoms with Crippen molar-refractivity contribution in [2.45, 2.75) is 70.3 Å². The van der Waals surface area contributed by atoms with Crippen LogP contribution in [0.5, 0.6) is 0 Å². The van der Waals surface area contributed by atoms with Crippen LogP contribution in [-0.2, 0) is 4.79 Å². The lowest BCUT2D eigenvalue weighted by Crippen LogP contribution is -2.56. The third-order valence-electron chi connectivity index (χ3n) is 4.68. The van der Waals surface area contributed by atoms with Crippen molar-refractivity contribution in [1.82, 2.24) is 5.32 Å². The van der Waals surface area contributed by atoms with Gasteiger partial charge in [-0.2, -0.15) is 0 Å². The van der Waals surface area contributed by atoms with E-state index < -0.39 is 5.41 Å². The molecule has 1 amide bonds. The van der Waals surface area contributed by atoms with E-state index in [1.165, 1.54) is 32.1 Å². The molecule has 0 unspecified atom stereocenters. The second kappa shape index (κ2) is 6.26. The van der Waals surface area contributed by atoms with E-state index in [0.29, 0.717) is 12.8 Å². The van der Waals surface area contributed by atoms with Crippen LogP contribution in [0.25, 0.3) is 0 Å². The molecule has 0 bridgehead atoms. The highest BCUT2D eigenvalue weighted by Gasteiger charge is 2.48. The first-order valence-electron chi connectivity index (χ1n) is 7.48. The summed E-state index contributed by atoms with van der Waals surface area (Å²) >= 11 is 0. The molecular formula is C14H25N3O2. The van der Waals surface area contributed by atoms with Crippen LogP contribution in [0.15, 0.2) is 5.16 Å². The number of hydrogen-bond donors (Lipinski definition) is 3. The van der Waals surface area contributed by atoms with E-state index in [0.717, 1.165) is 19.3 Å². The smallest absolute Gasteiger partial charge is 0.234 e. The number of hydrogen-bond acceptors (Lipinski definition) is 3. The van der Waals surface area contributed by atoms with Crippen molar-refractivity contribution in [3.8, 4) is 0 Å². The molecule has 2 aliphatic rings. The molecule has 0 saturated heterocycles. The van der Waals surface area contributed by atoms with Gasteiger partial charge in [-0.1, -0.05) is 43.7 Å². The summed E-state index contributed by atoms with van der Waals surface area (Å²) in [5.74, 6) is 0.0294. The molecule has 2 saturated carbocycles. The molecule has 108 valence electrons. The van der Waals surface area contributed by atoms with Gasteiger partial charge in [0.2, 0.25) is 5.91 Å². The van der Waals surface area contributed by atoms with Crippen LogP contribution in [0, 0.1) is 5.41 Å². The van der Waals surface area contributed by atoms with Gasteiger partial charge in [0.15, 0.2) is 5.84 Å². The first kappa shape index (κ1) is 14.2. The molecule has 5 nitrogen and oxygen atoms in total. The van der Waals surface area contributed by atoms with Crippen molar-refractivity contribution in [2.24, 2.45) is 16.3 Å². The Morgan fingerprint density at radius 1 is 1.11 bits per heavy atom. The first-order valence-corrected chi connectivity index (χ1v) is 7.48. The summed E-state index contributed by atoms with van der Waals surface area (Å²) in [6, 6.07) is 0.261. The van der Waals surface area contributed by atoms with Crippen LogP contribution in [0.2, 0.25) is 0 Å². The number of nitrogens with zero attached hydrogens (tertiary/aromatic N) is 1. The molecule has 0 aliphatic heterocycles. The fraction of sp³-hybridized carbons (Fsp3) is 0.857. The van der Waals surface area contributed by atoms with Gasteiger partial charge in [-0.15, -0.1) is 0 Å². The summed E-state index contributed by atoms with van der Waals surface area (Å²) in [5, 5.41) is 15.1. The summed E-state index contributed by atoms with van der Waals surface area (Å²) in [5.41, 5.74) is 4.98. The average Bonchev–Trinajstić information content (AvgIpc) is 2.30. The van der Waals surface area contributed by atoms with E-state index in [9.17, 15) is 4.79 Å². The van der Waals surface area contributed by atoms with Crippen LogP contribution in [-0.4, -0.2) is 23.0 Å². The van der Waals surface area contributed by atoms with Crippen molar-refractivity contribution < 1.29 is 10.0 Å². The molecule has 0 spiro atoms. The zero-order chi connectivity index (χ0) is 13.7. The largest absolute Gasteiger partial charge is 0.409 e. The van der Waals surface area contributed by atoms with E-state index in [2.05, 4.69) is 10.5 Å². The highest BCUT2D eigenvalue weighted by atomic mass is 16.4. The Hall–Kier alpha value is -1.26. The van der Waals surface area contributed by atoms with Crippen LogP contribution in [0.4, 0.5) is 0 Å². The zero-order valence-electron chi connectivity index (χ0n) is 11.5. The molecule has 0 aromatic carbocycles. The Labute approximate surface area is 114 Å². The average molecular weight is 267 g/mol. The van der Waals surface area contributed by atoms with Gasteiger partial charge >= 0.3 is 0 Å². The van der Waals surface area contributed by atoms with Gasteiger partial charge in [-0.05, 0) is 25.7 Å². The molecule has 0 aromatic rings. The van der Waals surface area contributed by atoms with E-state index in [-0.39, 0.29) is 17.8 Å². The molecule has 2 aliphatic carbocycles. The molecule has 0 radical (unpaired) electrons. The molecule has 0 aromatic heterocycles. The third-order valence-corrected chi connectivity index (χ3v) is 4.68. The summed E-state index contributed by atoms with van der Waals surface area (Å²) < 4.78 is 0. The minimum atomic E-state index is -0.739. The Kier molecular flexibility index (Phi) is 4.66. The Morgan fingerprint density at radius 3 is 2.16 bits per heavy atom. The number of carbonyl (C=O) groups excluding carboxylic acids is 1. The van der Waals surface area contributed by atoms with Crippen molar-refractivity contribution in [1.29, 1.82) is 0 Å². The van der Waals surface area contributed by atoms with Gasteiger partial charge in [0.1, 0.15) is 5.41 Å². The van der Waals surface area contributed by atoms with Crippen molar-refractivity contribution in [3.63, 3.8) is 0 Å². The van der Waals surface area contributed by atoms with Crippen LogP contribution in [0.3, 0.4) is 0 Å². The topological polar surface area (TPSA) is 87.7 Å². The van der Waals surface area contributed by atoms with Gasteiger partial charge in [-0.25, -0.2) is 0 Å². The SMILES string of the molecule is NC(=NO)C1(C(=O)NC2CCCCCCC2)CCC1. The number of amidine groups is 1. The summed E-state index contributed by atoms with van der Waals surface area (Å²) in [4.78, 5) is 12.4. The minimum absolute atomic E-state index is 0.0420. The summed E-state index contributed by atoms with van der Waals surface area (Å²) in [6.45, 7) is 0. The van der Waals surface area contributed by atoms with Gasteiger partial charge in [0.25, 0.3) is 0 Å². The van der Waals surface area contributed by atoms with Crippen LogP contribution in [0.1, 0.15) is 64.2 Å². The lowest BCUT2D eigenvalue weighted by molar-refractivity contribution is -0.132. The Balaban J connectivity index is 1.95. The lowest BCUT2D eigenvalue weighted by Gasteiger charge is -2.40. The minimum Gasteiger partial charge on any atom is -0.409 e. The number of carbonyl (C=O) groups is 1. The molecule has 0 heterocycles.